The average Bonchev–Trinajstić information content (AvgIpc) is 2.93. The van der Waals surface area contributed by atoms with Gasteiger partial charge in [-0.2, -0.15) is 0 Å². The topological polar surface area (TPSA) is 120 Å². The molecule has 0 amide bonds. The van der Waals surface area contributed by atoms with Gasteiger partial charge < -0.3 is 14.2 Å². The molecule has 0 aliphatic carbocycles. The van der Waals surface area contributed by atoms with E-state index >= 15 is 0 Å². The molecule has 0 aromatic heterocycles. The third kappa shape index (κ3) is 7.28. The van der Waals surface area contributed by atoms with Gasteiger partial charge in [0.1, 0.15) is 5.75 Å². The summed E-state index contributed by atoms with van der Waals surface area (Å²) in [5.74, 6) is 2.33. The van der Waals surface area contributed by atoms with Crippen LogP contribution < -0.4 is 14.8 Å². The van der Waals surface area contributed by atoms with Crippen molar-refractivity contribution in [1.29, 1.82) is 0 Å². The SMILES string of the molecule is C#C[C@H](NC[C@@H](C)CC(=O)OC)c1ccc(S(=O)(=O)Nc2ccc(CC(=O)OC)c(OC)c2)c2ccccc12. The number of ether oxygens (including phenoxy) is 3. The highest BCUT2D eigenvalue weighted by Gasteiger charge is 2.22. The first-order chi connectivity index (χ1) is 18.6. The predicted molar refractivity (Wildman–Crippen MR) is 149 cm³/mol. The highest BCUT2D eigenvalue weighted by Crippen LogP contribution is 2.32. The molecule has 3 aromatic rings. The fourth-order valence-corrected chi connectivity index (χ4v) is 5.45. The Morgan fingerprint density at radius 3 is 2.31 bits per heavy atom. The number of nitrogens with one attached hydrogen (secondary N) is 2. The minimum atomic E-state index is -4.02. The van der Waals surface area contributed by atoms with Crippen molar-refractivity contribution in [3.8, 4) is 18.1 Å². The van der Waals surface area contributed by atoms with E-state index in [2.05, 4.69) is 16.0 Å². The van der Waals surface area contributed by atoms with Gasteiger partial charge in [-0.3, -0.25) is 19.6 Å². The van der Waals surface area contributed by atoms with Crippen LogP contribution in [0.4, 0.5) is 5.69 Å². The van der Waals surface area contributed by atoms with Gasteiger partial charge in [0.15, 0.2) is 0 Å². The summed E-state index contributed by atoms with van der Waals surface area (Å²) in [6, 6.07) is 14.5. The van der Waals surface area contributed by atoms with Crippen LogP contribution in [0.3, 0.4) is 0 Å². The van der Waals surface area contributed by atoms with Crippen LogP contribution in [0.25, 0.3) is 10.8 Å². The molecule has 0 saturated carbocycles. The quantitative estimate of drug-likeness (QED) is 0.257. The third-order valence-corrected chi connectivity index (χ3v) is 7.64. The van der Waals surface area contributed by atoms with Crippen LogP contribution in [0.15, 0.2) is 59.5 Å². The van der Waals surface area contributed by atoms with Crippen LogP contribution in [0.2, 0.25) is 0 Å². The van der Waals surface area contributed by atoms with Crippen LogP contribution in [0.5, 0.6) is 5.75 Å². The number of methoxy groups -OCH3 is 3. The number of hydrogen-bond donors (Lipinski definition) is 2. The maximum atomic E-state index is 13.5. The fraction of sp³-hybridized carbons (Fsp3) is 0.310. The average molecular weight is 553 g/mol. The Hall–Kier alpha value is -4.07. The lowest BCUT2D eigenvalue weighted by Gasteiger charge is -2.20. The van der Waals surface area contributed by atoms with E-state index in [-0.39, 0.29) is 35.3 Å². The minimum Gasteiger partial charge on any atom is -0.496 e. The zero-order valence-electron chi connectivity index (χ0n) is 22.3. The smallest absolute Gasteiger partial charge is 0.310 e. The van der Waals surface area contributed by atoms with Gasteiger partial charge in [0.25, 0.3) is 10.0 Å². The number of hydrogen-bond acceptors (Lipinski definition) is 8. The summed E-state index contributed by atoms with van der Waals surface area (Å²) < 4.78 is 44.4. The van der Waals surface area contributed by atoms with Gasteiger partial charge >= 0.3 is 11.9 Å². The van der Waals surface area contributed by atoms with Crippen molar-refractivity contribution in [2.75, 3.05) is 32.6 Å². The molecular weight excluding hydrogens is 520 g/mol. The van der Waals surface area contributed by atoms with Crippen LogP contribution in [0, 0.1) is 18.3 Å². The van der Waals surface area contributed by atoms with E-state index in [0.717, 1.165) is 5.56 Å². The molecule has 0 radical (unpaired) electrons. The zero-order chi connectivity index (χ0) is 28.6. The molecule has 3 rings (SSSR count). The summed E-state index contributed by atoms with van der Waals surface area (Å²) in [4.78, 5) is 23.3. The first-order valence-electron chi connectivity index (χ1n) is 12.2. The molecular formula is C29H32N2O7S. The summed E-state index contributed by atoms with van der Waals surface area (Å²) in [6.07, 6.45) is 6.08. The second-order valence-corrected chi connectivity index (χ2v) is 10.6. The normalized spacial score (nSPS) is 12.7. The van der Waals surface area contributed by atoms with Gasteiger partial charge in [0.2, 0.25) is 0 Å². The molecule has 0 spiro atoms. The number of carbonyl (C=O) groups excluding carboxylic acids is 2. The first-order valence-corrected chi connectivity index (χ1v) is 13.7. The van der Waals surface area contributed by atoms with Crippen LogP contribution in [-0.4, -0.2) is 48.2 Å². The van der Waals surface area contributed by atoms with Crippen molar-refractivity contribution in [2.45, 2.75) is 30.7 Å². The van der Waals surface area contributed by atoms with Gasteiger partial charge in [0.05, 0.1) is 44.4 Å². The summed E-state index contributed by atoms with van der Waals surface area (Å²) in [7, 11) is 0.0592. The van der Waals surface area contributed by atoms with Gasteiger partial charge in [-0.05, 0) is 35.5 Å². The van der Waals surface area contributed by atoms with E-state index in [9.17, 15) is 18.0 Å². The highest BCUT2D eigenvalue weighted by atomic mass is 32.2. The molecule has 0 aliphatic heterocycles. The molecule has 3 aromatic carbocycles. The molecule has 0 aliphatic rings. The van der Waals surface area contributed by atoms with Crippen molar-refractivity contribution in [3.63, 3.8) is 0 Å². The highest BCUT2D eigenvalue weighted by molar-refractivity contribution is 7.93. The van der Waals surface area contributed by atoms with Gasteiger partial charge in [0, 0.05) is 23.4 Å². The minimum absolute atomic E-state index is 0.00928. The molecule has 0 saturated heterocycles. The van der Waals surface area contributed by atoms with E-state index < -0.39 is 22.0 Å². The van der Waals surface area contributed by atoms with Gasteiger partial charge in [-0.15, -0.1) is 6.42 Å². The maximum Gasteiger partial charge on any atom is 0.310 e. The van der Waals surface area contributed by atoms with Crippen molar-refractivity contribution in [3.05, 3.63) is 65.7 Å². The number of rotatable bonds is 12. The van der Waals surface area contributed by atoms with Gasteiger partial charge in [-0.1, -0.05) is 49.2 Å². The second-order valence-electron chi connectivity index (χ2n) is 8.98. The standard InChI is InChI=1S/C29H32N2O7S/c1-6-25(30-18-19(2)15-28(32)37-4)23-13-14-27(24-10-8-7-9-22(23)24)39(34,35)31-21-12-11-20(16-29(33)38-5)26(17-21)36-3/h1,7-14,17,19,25,30-31H,15-16,18H2,2-5H3/t19-,25-/m0/s1. The monoisotopic (exact) mass is 552 g/mol. The summed E-state index contributed by atoms with van der Waals surface area (Å²) in [5.41, 5.74) is 1.58. The van der Waals surface area contributed by atoms with E-state index in [1.807, 2.05) is 19.1 Å². The van der Waals surface area contributed by atoms with E-state index in [1.165, 1.54) is 33.5 Å². The van der Waals surface area contributed by atoms with Crippen molar-refractivity contribution in [1.82, 2.24) is 5.32 Å². The van der Waals surface area contributed by atoms with Crippen LogP contribution >= 0.6 is 0 Å². The molecule has 0 unspecified atom stereocenters. The maximum absolute atomic E-state index is 13.5. The Kier molecular flexibility index (Phi) is 9.93. The number of esters is 2. The molecule has 0 heterocycles. The molecule has 2 atom stereocenters. The van der Waals surface area contributed by atoms with E-state index in [0.29, 0.717) is 28.6 Å². The van der Waals surface area contributed by atoms with Crippen LogP contribution in [0.1, 0.15) is 30.5 Å². The number of terminal acetylenes is 1. The zero-order valence-corrected chi connectivity index (χ0v) is 23.1. The van der Waals surface area contributed by atoms with Crippen molar-refractivity contribution in [2.24, 2.45) is 5.92 Å². The fourth-order valence-electron chi connectivity index (χ4n) is 4.19. The lowest BCUT2D eigenvalue weighted by Crippen LogP contribution is -2.27. The summed E-state index contributed by atoms with van der Waals surface area (Å²) in [6.45, 7) is 2.38. The Morgan fingerprint density at radius 1 is 0.974 bits per heavy atom. The lowest BCUT2D eigenvalue weighted by atomic mass is 9.98. The third-order valence-electron chi connectivity index (χ3n) is 6.20. The predicted octanol–water partition coefficient (Wildman–Crippen LogP) is 3.83. The Morgan fingerprint density at radius 2 is 1.67 bits per heavy atom. The molecule has 2 N–H and O–H groups in total. The van der Waals surface area contributed by atoms with E-state index in [1.54, 1.807) is 30.3 Å². The van der Waals surface area contributed by atoms with Gasteiger partial charge in [-0.25, -0.2) is 8.42 Å². The second kappa shape index (κ2) is 13.1. The molecule has 0 bridgehead atoms. The number of sulfonamides is 1. The summed E-state index contributed by atoms with van der Waals surface area (Å²) in [5, 5.41) is 4.47. The Labute approximate surface area is 228 Å². The van der Waals surface area contributed by atoms with Crippen molar-refractivity contribution >= 4 is 38.4 Å². The molecule has 39 heavy (non-hydrogen) atoms. The van der Waals surface area contributed by atoms with E-state index in [4.69, 9.17) is 20.6 Å². The molecule has 206 valence electrons. The molecule has 10 heteroatoms. The lowest BCUT2D eigenvalue weighted by molar-refractivity contribution is -0.141. The number of carbonyl (C=O) groups is 2. The number of benzene rings is 3. The molecule has 0 fully saturated rings. The Bertz CT molecular complexity index is 1500. The van der Waals surface area contributed by atoms with Crippen molar-refractivity contribution < 1.29 is 32.2 Å². The number of anilines is 1. The van der Waals surface area contributed by atoms with Crippen LogP contribution in [-0.2, 0) is 35.5 Å². The molecule has 9 nitrogen and oxygen atoms in total. The first kappa shape index (κ1) is 29.5. The largest absolute Gasteiger partial charge is 0.496 e. The summed E-state index contributed by atoms with van der Waals surface area (Å²) >= 11 is 0. The number of fused-ring (bicyclic) bond motifs is 1. The Balaban J connectivity index is 1.91.